The first kappa shape index (κ1) is 16.3. The summed E-state index contributed by atoms with van der Waals surface area (Å²) in [5.74, 6) is 0.392. The molecule has 2 saturated heterocycles. The van der Waals surface area contributed by atoms with Gasteiger partial charge < -0.3 is 9.47 Å². The zero-order chi connectivity index (χ0) is 15.8. The minimum atomic E-state index is -0.503. The van der Waals surface area contributed by atoms with E-state index in [1.54, 1.807) is 4.90 Å². The number of amides is 1. The maximum atomic E-state index is 12.4. The first-order valence-corrected chi connectivity index (χ1v) is 7.82. The summed E-state index contributed by atoms with van der Waals surface area (Å²) in [6.45, 7) is 10.5. The van der Waals surface area contributed by atoms with Crippen LogP contribution in [0.2, 0.25) is 0 Å². The monoisotopic (exact) mass is 297 g/mol. The van der Waals surface area contributed by atoms with Crippen LogP contribution in [0, 0.1) is 11.8 Å². The molecule has 120 valence electrons. The van der Waals surface area contributed by atoms with Gasteiger partial charge in [-0.1, -0.05) is 13.8 Å². The standard InChI is InChI=1S/C16H27NO4/c1-10(2)14(18)11-6-12-8-20-9-13(7-11)17(12)15(19)21-16(3,4)5/h10-13H,6-9H2,1-5H3. The van der Waals surface area contributed by atoms with E-state index in [0.29, 0.717) is 31.8 Å². The highest BCUT2D eigenvalue weighted by Gasteiger charge is 2.45. The Bertz CT molecular complexity index is 399. The van der Waals surface area contributed by atoms with Crippen molar-refractivity contribution in [1.82, 2.24) is 4.90 Å². The lowest BCUT2D eigenvalue weighted by atomic mass is 9.80. The molecule has 0 N–H and O–H groups in total. The Labute approximate surface area is 127 Å². The molecule has 2 fully saturated rings. The van der Waals surface area contributed by atoms with Crippen LogP contribution in [0.25, 0.3) is 0 Å². The van der Waals surface area contributed by atoms with E-state index in [4.69, 9.17) is 9.47 Å². The minimum Gasteiger partial charge on any atom is -0.444 e. The van der Waals surface area contributed by atoms with Crippen LogP contribution in [-0.2, 0) is 14.3 Å². The number of Topliss-reactive ketones (excluding diaryl/α,β-unsaturated/α-hetero) is 1. The fraction of sp³-hybridized carbons (Fsp3) is 0.875. The molecule has 0 aromatic heterocycles. The van der Waals surface area contributed by atoms with Gasteiger partial charge in [0.15, 0.2) is 0 Å². The van der Waals surface area contributed by atoms with Crippen LogP contribution in [-0.4, -0.2) is 47.7 Å². The van der Waals surface area contributed by atoms with Crippen molar-refractivity contribution in [1.29, 1.82) is 0 Å². The second-order valence-electron chi connectivity index (χ2n) is 7.46. The molecule has 21 heavy (non-hydrogen) atoms. The van der Waals surface area contributed by atoms with Crippen molar-refractivity contribution in [2.45, 2.75) is 65.1 Å². The molecule has 0 radical (unpaired) electrons. The molecule has 0 spiro atoms. The molecule has 0 aromatic rings. The summed E-state index contributed by atoms with van der Waals surface area (Å²) in [5.41, 5.74) is -0.503. The molecule has 2 heterocycles. The van der Waals surface area contributed by atoms with Crippen LogP contribution in [0.1, 0.15) is 47.5 Å². The third-order valence-electron chi connectivity index (χ3n) is 4.10. The van der Waals surface area contributed by atoms with Gasteiger partial charge in [-0.3, -0.25) is 9.69 Å². The zero-order valence-electron chi connectivity index (χ0n) is 13.7. The van der Waals surface area contributed by atoms with Crippen molar-refractivity contribution >= 4 is 11.9 Å². The first-order chi connectivity index (χ1) is 9.69. The van der Waals surface area contributed by atoms with Gasteiger partial charge >= 0.3 is 6.09 Å². The minimum absolute atomic E-state index is 0.0416. The van der Waals surface area contributed by atoms with Gasteiger partial charge in [-0.2, -0.15) is 0 Å². The van der Waals surface area contributed by atoms with Crippen LogP contribution in [0.3, 0.4) is 0 Å². The van der Waals surface area contributed by atoms with Crippen molar-refractivity contribution in [3.63, 3.8) is 0 Å². The highest BCUT2D eigenvalue weighted by atomic mass is 16.6. The average Bonchev–Trinajstić information content (AvgIpc) is 2.33. The van der Waals surface area contributed by atoms with Crippen LogP contribution < -0.4 is 0 Å². The third-order valence-corrected chi connectivity index (χ3v) is 4.10. The maximum absolute atomic E-state index is 12.4. The van der Waals surface area contributed by atoms with Gasteiger partial charge in [0.25, 0.3) is 0 Å². The fourth-order valence-electron chi connectivity index (χ4n) is 3.23. The summed E-state index contributed by atoms with van der Waals surface area (Å²) in [6.07, 6.45) is 1.09. The number of morpholine rings is 1. The van der Waals surface area contributed by atoms with E-state index in [-0.39, 0.29) is 30.0 Å². The van der Waals surface area contributed by atoms with Gasteiger partial charge in [-0.05, 0) is 33.6 Å². The Morgan fingerprint density at radius 2 is 1.67 bits per heavy atom. The Morgan fingerprint density at radius 1 is 1.14 bits per heavy atom. The Morgan fingerprint density at radius 3 is 2.10 bits per heavy atom. The smallest absolute Gasteiger partial charge is 0.410 e. The highest BCUT2D eigenvalue weighted by molar-refractivity contribution is 5.83. The molecular formula is C16H27NO4. The van der Waals surface area contributed by atoms with Gasteiger partial charge in [0.2, 0.25) is 0 Å². The number of ether oxygens (including phenoxy) is 2. The predicted octanol–water partition coefficient (Wildman–Crippen LogP) is 2.63. The van der Waals surface area contributed by atoms with Crippen LogP contribution in [0.15, 0.2) is 0 Å². The molecule has 2 aliphatic rings. The summed E-state index contributed by atoms with van der Waals surface area (Å²) in [5, 5.41) is 0. The Kier molecular flexibility index (Phi) is 4.61. The lowest BCUT2D eigenvalue weighted by molar-refractivity contribution is -0.135. The van der Waals surface area contributed by atoms with Crippen molar-refractivity contribution in [2.75, 3.05) is 13.2 Å². The summed E-state index contributed by atoms with van der Waals surface area (Å²) in [4.78, 5) is 26.5. The molecule has 5 heteroatoms. The van der Waals surface area contributed by atoms with Crippen molar-refractivity contribution in [3.05, 3.63) is 0 Å². The van der Waals surface area contributed by atoms with Crippen LogP contribution in [0.4, 0.5) is 4.79 Å². The quantitative estimate of drug-likeness (QED) is 0.786. The summed E-state index contributed by atoms with van der Waals surface area (Å²) < 4.78 is 11.1. The molecule has 0 aromatic carbocycles. The second-order valence-corrected chi connectivity index (χ2v) is 7.46. The van der Waals surface area contributed by atoms with E-state index < -0.39 is 5.60 Å². The second kappa shape index (κ2) is 5.95. The molecular weight excluding hydrogens is 270 g/mol. The number of carbonyl (C=O) groups is 2. The van der Waals surface area contributed by atoms with Crippen molar-refractivity contribution in [2.24, 2.45) is 11.8 Å². The summed E-state index contributed by atoms with van der Waals surface area (Å²) >= 11 is 0. The van der Waals surface area contributed by atoms with Gasteiger partial charge in [-0.25, -0.2) is 4.79 Å². The number of hydrogen-bond acceptors (Lipinski definition) is 4. The molecule has 2 rings (SSSR count). The zero-order valence-corrected chi connectivity index (χ0v) is 13.7. The SMILES string of the molecule is CC(C)C(=O)C1CC2COCC(C1)N2C(=O)OC(C)(C)C. The summed E-state index contributed by atoms with van der Waals surface area (Å²) in [7, 11) is 0. The molecule has 5 nitrogen and oxygen atoms in total. The number of rotatable bonds is 2. The molecule has 2 aliphatic heterocycles. The van der Waals surface area contributed by atoms with E-state index >= 15 is 0 Å². The Balaban J connectivity index is 2.09. The van der Waals surface area contributed by atoms with Crippen LogP contribution in [0.5, 0.6) is 0 Å². The van der Waals surface area contributed by atoms with Gasteiger partial charge in [-0.15, -0.1) is 0 Å². The number of fused-ring (bicyclic) bond motifs is 2. The molecule has 0 aliphatic carbocycles. The number of ketones is 1. The maximum Gasteiger partial charge on any atom is 0.410 e. The lowest BCUT2D eigenvalue weighted by Gasteiger charge is -2.48. The lowest BCUT2D eigenvalue weighted by Crippen LogP contribution is -2.60. The number of piperidine rings is 1. The van der Waals surface area contributed by atoms with E-state index in [9.17, 15) is 9.59 Å². The Hall–Kier alpha value is -1.10. The van der Waals surface area contributed by atoms with E-state index in [1.165, 1.54) is 0 Å². The molecule has 1 amide bonds. The summed E-state index contributed by atoms with van der Waals surface area (Å²) in [6, 6.07) is -0.0832. The fourth-order valence-corrected chi connectivity index (χ4v) is 3.23. The highest BCUT2D eigenvalue weighted by Crippen LogP contribution is 2.34. The van der Waals surface area contributed by atoms with Gasteiger partial charge in [0, 0.05) is 11.8 Å². The number of hydrogen-bond donors (Lipinski definition) is 0. The largest absolute Gasteiger partial charge is 0.444 e. The average molecular weight is 297 g/mol. The molecule has 2 unspecified atom stereocenters. The topological polar surface area (TPSA) is 55.8 Å². The molecule has 2 atom stereocenters. The predicted molar refractivity (Wildman–Crippen MR) is 79.0 cm³/mol. The number of carbonyl (C=O) groups excluding carboxylic acids is 2. The molecule has 2 bridgehead atoms. The van der Waals surface area contributed by atoms with Gasteiger partial charge in [0.05, 0.1) is 25.3 Å². The van der Waals surface area contributed by atoms with Crippen molar-refractivity contribution in [3.8, 4) is 0 Å². The van der Waals surface area contributed by atoms with Gasteiger partial charge in [0.1, 0.15) is 11.4 Å². The number of nitrogens with zero attached hydrogens (tertiary/aromatic N) is 1. The van der Waals surface area contributed by atoms with E-state index in [2.05, 4.69) is 0 Å². The third kappa shape index (κ3) is 3.76. The van der Waals surface area contributed by atoms with E-state index in [0.717, 1.165) is 0 Å². The normalized spacial score (nSPS) is 29.4. The van der Waals surface area contributed by atoms with Crippen molar-refractivity contribution < 1.29 is 19.1 Å². The molecule has 0 saturated carbocycles. The van der Waals surface area contributed by atoms with E-state index in [1.807, 2.05) is 34.6 Å². The first-order valence-electron chi connectivity index (χ1n) is 7.82. The van der Waals surface area contributed by atoms with Crippen LogP contribution >= 0.6 is 0 Å².